The van der Waals surface area contributed by atoms with E-state index in [1.165, 1.54) is 11.1 Å². The van der Waals surface area contributed by atoms with Crippen molar-refractivity contribution in [3.05, 3.63) is 180 Å². The molecule has 1 atom stereocenters. The Balaban J connectivity index is 1.11. The lowest BCUT2D eigenvalue weighted by molar-refractivity contribution is 0.668. The van der Waals surface area contributed by atoms with Crippen LogP contribution in [0, 0.1) is 0 Å². The SMILES string of the molecule is c1ccc(C2=NC(c3ccc4oc5ccccc5c4c3)N=C(c3cccc4oc5c(-c6ccc(-c7ccccc7)cc6)cccc5c34)N2)cc1. The Kier molecular flexibility index (Phi) is 6.49. The molecule has 1 unspecified atom stereocenters. The number of rotatable bonds is 5. The van der Waals surface area contributed by atoms with Crippen LogP contribution in [0.4, 0.5) is 0 Å². The zero-order valence-electron chi connectivity index (χ0n) is 26.9. The predicted octanol–water partition coefficient (Wildman–Crippen LogP) is 11.3. The number of aliphatic imine (C=N–C) groups is 2. The molecular weight excluding hydrogens is 615 g/mol. The highest BCUT2D eigenvalue weighted by molar-refractivity contribution is 6.24. The number of amidine groups is 2. The van der Waals surface area contributed by atoms with E-state index in [2.05, 4.69) is 108 Å². The number of hydrogen-bond donors (Lipinski definition) is 1. The summed E-state index contributed by atoms with van der Waals surface area (Å²) in [7, 11) is 0. The first-order valence-electron chi connectivity index (χ1n) is 16.8. The van der Waals surface area contributed by atoms with Crippen molar-refractivity contribution in [2.75, 3.05) is 0 Å². The molecule has 2 aromatic heterocycles. The monoisotopic (exact) mass is 643 g/mol. The molecule has 5 nitrogen and oxygen atoms in total. The third kappa shape index (κ3) is 4.71. The summed E-state index contributed by atoms with van der Waals surface area (Å²) < 4.78 is 12.8. The van der Waals surface area contributed by atoms with Crippen molar-refractivity contribution in [3.63, 3.8) is 0 Å². The van der Waals surface area contributed by atoms with Gasteiger partial charge in [-0.1, -0.05) is 140 Å². The van der Waals surface area contributed by atoms with Crippen LogP contribution in [-0.4, -0.2) is 11.7 Å². The first-order valence-corrected chi connectivity index (χ1v) is 16.8. The molecule has 0 radical (unpaired) electrons. The van der Waals surface area contributed by atoms with Crippen molar-refractivity contribution >= 4 is 55.5 Å². The molecule has 5 heteroatoms. The van der Waals surface area contributed by atoms with Crippen LogP contribution in [0.25, 0.3) is 66.1 Å². The molecule has 3 heterocycles. The van der Waals surface area contributed by atoms with Gasteiger partial charge in [-0.05, 0) is 46.5 Å². The van der Waals surface area contributed by atoms with E-state index in [0.717, 1.165) is 83.4 Å². The van der Waals surface area contributed by atoms with E-state index in [1.807, 2.05) is 60.7 Å². The van der Waals surface area contributed by atoms with Crippen LogP contribution in [0.15, 0.2) is 183 Å². The Bertz CT molecular complexity index is 2770. The van der Waals surface area contributed by atoms with Gasteiger partial charge in [0.05, 0.1) is 0 Å². The zero-order chi connectivity index (χ0) is 33.0. The number of hydrogen-bond acceptors (Lipinski definition) is 5. The van der Waals surface area contributed by atoms with Crippen LogP contribution in [0.2, 0.25) is 0 Å². The molecule has 9 aromatic rings. The van der Waals surface area contributed by atoms with Gasteiger partial charge in [0.15, 0.2) is 6.17 Å². The summed E-state index contributed by atoms with van der Waals surface area (Å²) in [6, 6.07) is 56.3. The highest BCUT2D eigenvalue weighted by atomic mass is 16.3. The van der Waals surface area contributed by atoms with Crippen molar-refractivity contribution in [1.82, 2.24) is 5.32 Å². The van der Waals surface area contributed by atoms with E-state index >= 15 is 0 Å². The van der Waals surface area contributed by atoms with Crippen molar-refractivity contribution in [3.8, 4) is 22.3 Å². The van der Waals surface area contributed by atoms with Crippen LogP contribution in [0.3, 0.4) is 0 Å². The van der Waals surface area contributed by atoms with Gasteiger partial charge >= 0.3 is 0 Å². The van der Waals surface area contributed by atoms with E-state index in [-0.39, 0.29) is 0 Å². The van der Waals surface area contributed by atoms with Gasteiger partial charge in [0.2, 0.25) is 0 Å². The molecule has 50 heavy (non-hydrogen) atoms. The molecule has 0 aliphatic carbocycles. The second-order valence-electron chi connectivity index (χ2n) is 12.6. The summed E-state index contributed by atoms with van der Waals surface area (Å²) in [6.45, 7) is 0. The minimum absolute atomic E-state index is 0.466. The summed E-state index contributed by atoms with van der Waals surface area (Å²) in [4.78, 5) is 10.4. The van der Waals surface area contributed by atoms with Crippen molar-refractivity contribution in [2.24, 2.45) is 9.98 Å². The van der Waals surface area contributed by atoms with Gasteiger partial charge in [-0.15, -0.1) is 0 Å². The minimum atomic E-state index is -0.466. The molecule has 1 aliphatic heterocycles. The standard InChI is InChI=1S/C45H29N3O2/c1-3-11-28(12-4-1)29-21-23-30(24-22-29)33-16-9-17-35-41-36(18-10-20-40(41)50-42(33)35)45-47-43(31-13-5-2-6-14-31)46-44(48-45)32-25-26-39-37(27-32)34-15-7-8-19-38(34)49-39/h1-27,44H,(H,46,47,48). The fourth-order valence-corrected chi connectivity index (χ4v) is 7.13. The summed E-state index contributed by atoms with van der Waals surface area (Å²) in [5, 5.41) is 7.79. The summed E-state index contributed by atoms with van der Waals surface area (Å²) in [6.07, 6.45) is -0.466. The fourth-order valence-electron chi connectivity index (χ4n) is 7.13. The molecule has 236 valence electrons. The zero-order valence-corrected chi connectivity index (χ0v) is 26.9. The van der Waals surface area contributed by atoms with E-state index in [4.69, 9.17) is 18.8 Å². The Morgan fingerprint density at radius 2 is 1.04 bits per heavy atom. The van der Waals surface area contributed by atoms with E-state index in [0.29, 0.717) is 0 Å². The van der Waals surface area contributed by atoms with Crippen LogP contribution in [0.1, 0.15) is 22.9 Å². The molecule has 1 aliphatic rings. The number of fused-ring (bicyclic) bond motifs is 6. The number of para-hydroxylation sites is 2. The maximum atomic E-state index is 6.66. The number of furan rings is 2. The van der Waals surface area contributed by atoms with Gasteiger partial charge in [-0.2, -0.15) is 0 Å². The van der Waals surface area contributed by atoms with Crippen molar-refractivity contribution < 1.29 is 8.83 Å². The highest BCUT2D eigenvalue weighted by Gasteiger charge is 2.24. The molecule has 1 N–H and O–H groups in total. The molecule has 0 amide bonds. The summed E-state index contributed by atoms with van der Waals surface area (Å²) in [5.74, 6) is 1.51. The molecule has 7 aromatic carbocycles. The second kappa shape index (κ2) is 11.5. The number of benzene rings is 7. The van der Waals surface area contributed by atoms with Gasteiger partial charge in [0.25, 0.3) is 0 Å². The molecule has 0 saturated carbocycles. The van der Waals surface area contributed by atoms with E-state index < -0.39 is 6.17 Å². The first kappa shape index (κ1) is 28.3. The first-order chi connectivity index (χ1) is 24.8. The molecule has 0 saturated heterocycles. The topological polar surface area (TPSA) is 63.0 Å². The van der Waals surface area contributed by atoms with Crippen LogP contribution < -0.4 is 5.32 Å². The Morgan fingerprint density at radius 1 is 0.420 bits per heavy atom. The van der Waals surface area contributed by atoms with Crippen LogP contribution in [0.5, 0.6) is 0 Å². The largest absolute Gasteiger partial charge is 0.456 e. The molecule has 0 spiro atoms. The Hall–Kier alpha value is -6.72. The van der Waals surface area contributed by atoms with Crippen LogP contribution in [-0.2, 0) is 0 Å². The van der Waals surface area contributed by atoms with Crippen molar-refractivity contribution in [1.29, 1.82) is 0 Å². The Morgan fingerprint density at radius 3 is 1.88 bits per heavy atom. The summed E-state index contributed by atoms with van der Waals surface area (Å²) >= 11 is 0. The third-order valence-corrected chi connectivity index (χ3v) is 9.57. The van der Waals surface area contributed by atoms with Gasteiger partial charge in [-0.25, -0.2) is 9.98 Å². The molecule has 0 bridgehead atoms. The Labute approximate surface area is 287 Å². The quantitative estimate of drug-likeness (QED) is 0.203. The fraction of sp³-hybridized carbons (Fsp3) is 0.0222. The molecule has 0 fully saturated rings. The smallest absolute Gasteiger partial charge is 0.169 e. The lowest BCUT2D eigenvalue weighted by atomic mass is 9.98. The number of nitrogens with zero attached hydrogens (tertiary/aromatic N) is 2. The summed E-state index contributed by atoms with van der Waals surface area (Å²) in [5.41, 5.74) is 10.8. The van der Waals surface area contributed by atoms with Gasteiger partial charge < -0.3 is 14.2 Å². The second-order valence-corrected chi connectivity index (χ2v) is 12.6. The van der Waals surface area contributed by atoms with E-state index in [9.17, 15) is 0 Å². The van der Waals surface area contributed by atoms with Gasteiger partial charge in [0, 0.05) is 38.2 Å². The van der Waals surface area contributed by atoms with Crippen LogP contribution >= 0.6 is 0 Å². The predicted molar refractivity (Wildman–Crippen MR) is 204 cm³/mol. The maximum Gasteiger partial charge on any atom is 0.169 e. The molecule has 10 rings (SSSR count). The number of nitrogens with one attached hydrogen (secondary N) is 1. The minimum Gasteiger partial charge on any atom is -0.456 e. The van der Waals surface area contributed by atoms with Gasteiger partial charge in [0.1, 0.15) is 34.0 Å². The third-order valence-electron chi connectivity index (χ3n) is 9.57. The lowest BCUT2D eigenvalue weighted by Gasteiger charge is -2.22. The lowest BCUT2D eigenvalue weighted by Crippen LogP contribution is -2.36. The maximum absolute atomic E-state index is 6.66. The van der Waals surface area contributed by atoms with Crippen molar-refractivity contribution in [2.45, 2.75) is 6.17 Å². The molecular formula is C45H29N3O2. The van der Waals surface area contributed by atoms with Gasteiger partial charge in [-0.3, -0.25) is 0 Å². The van der Waals surface area contributed by atoms with E-state index in [1.54, 1.807) is 0 Å². The normalized spacial score (nSPS) is 14.6. The average molecular weight is 644 g/mol. The highest BCUT2D eigenvalue weighted by Crippen LogP contribution is 2.39. The average Bonchev–Trinajstić information content (AvgIpc) is 3.77.